The van der Waals surface area contributed by atoms with Crippen molar-refractivity contribution in [2.75, 3.05) is 13.1 Å². The van der Waals surface area contributed by atoms with Crippen molar-refractivity contribution >= 4 is 22.8 Å². The fourth-order valence-corrected chi connectivity index (χ4v) is 2.71. The van der Waals surface area contributed by atoms with Gasteiger partial charge < -0.3 is 0 Å². The first kappa shape index (κ1) is 15.3. The lowest BCUT2D eigenvalue weighted by Crippen LogP contribution is -2.29. The molecule has 0 aliphatic rings. The van der Waals surface area contributed by atoms with Gasteiger partial charge in [0.2, 0.25) is 0 Å². The Morgan fingerprint density at radius 1 is 1.29 bits per heavy atom. The fraction of sp³-hybridized carbons (Fsp3) is 0.267. The normalized spacial score (nSPS) is 10.8. The molecular formula is C15H16N2O3S. The van der Waals surface area contributed by atoms with E-state index in [9.17, 15) is 14.9 Å². The maximum atomic E-state index is 12.2. The highest BCUT2D eigenvalue weighted by atomic mass is 32.1. The molecule has 1 aromatic carbocycles. The molecule has 0 saturated heterocycles. The number of nitro benzene ring substituents is 1. The largest absolute Gasteiger partial charge is 0.293 e. The van der Waals surface area contributed by atoms with E-state index in [1.54, 1.807) is 11.3 Å². The van der Waals surface area contributed by atoms with Gasteiger partial charge in [-0.2, -0.15) is 0 Å². The quantitative estimate of drug-likeness (QED) is 0.447. The maximum Gasteiger partial charge on any atom is 0.269 e. The second-order valence-electron chi connectivity index (χ2n) is 4.61. The highest BCUT2D eigenvalue weighted by Gasteiger charge is 2.13. The van der Waals surface area contributed by atoms with Gasteiger partial charge >= 0.3 is 0 Å². The smallest absolute Gasteiger partial charge is 0.269 e. The molecule has 0 amide bonds. The minimum absolute atomic E-state index is 0.00233. The predicted molar refractivity (Wildman–Crippen MR) is 82.7 cm³/mol. The number of ketones is 1. The van der Waals surface area contributed by atoms with Crippen molar-refractivity contribution in [1.29, 1.82) is 0 Å². The summed E-state index contributed by atoms with van der Waals surface area (Å²) in [6.07, 6.45) is 0. The second kappa shape index (κ2) is 7.10. The SMILES string of the molecule is CCN(CC(=O)c1ccc([N+](=O)[O-])cc1)Cc1cccs1. The number of benzene rings is 1. The predicted octanol–water partition coefficient (Wildman–Crippen LogP) is 3.36. The molecule has 1 aromatic heterocycles. The Kier molecular flexibility index (Phi) is 5.19. The van der Waals surface area contributed by atoms with E-state index >= 15 is 0 Å². The molecule has 0 aliphatic carbocycles. The number of carbonyl (C=O) groups excluding carboxylic acids is 1. The molecule has 0 N–H and O–H groups in total. The summed E-state index contributed by atoms with van der Waals surface area (Å²) in [5.74, 6) is -0.0247. The number of rotatable bonds is 7. The van der Waals surface area contributed by atoms with E-state index < -0.39 is 4.92 Å². The monoisotopic (exact) mass is 304 g/mol. The third-order valence-electron chi connectivity index (χ3n) is 3.17. The summed E-state index contributed by atoms with van der Waals surface area (Å²) >= 11 is 1.67. The first-order valence-electron chi connectivity index (χ1n) is 6.62. The van der Waals surface area contributed by atoms with Crippen LogP contribution in [0.25, 0.3) is 0 Å². The average molecular weight is 304 g/mol. The Labute approximate surface area is 127 Å². The Morgan fingerprint density at radius 2 is 2.00 bits per heavy atom. The number of thiophene rings is 1. The second-order valence-corrected chi connectivity index (χ2v) is 5.64. The number of hydrogen-bond donors (Lipinski definition) is 0. The van der Waals surface area contributed by atoms with E-state index in [-0.39, 0.29) is 11.5 Å². The fourth-order valence-electron chi connectivity index (χ4n) is 1.97. The zero-order chi connectivity index (χ0) is 15.2. The minimum atomic E-state index is -0.469. The van der Waals surface area contributed by atoms with Crippen LogP contribution in [0.3, 0.4) is 0 Å². The maximum absolute atomic E-state index is 12.2. The standard InChI is InChI=1S/C15H16N2O3S/c1-2-16(10-14-4-3-9-21-14)11-15(18)12-5-7-13(8-6-12)17(19)20/h3-9H,2,10-11H2,1H3. The van der Waals surface area contributed by atoms with Gasteiger partial charge in [-0.15, -0.1) is 11.3 Å². The molecule has 0 atom stereocenters. The van der Waals surface area contributed by atoms with Crippen LogP contribution in [0.1, 0.15) is 22.2 Å². The lowest BCUT2D eigenvalue weighted by atomic mass is 10.1. The molecular weight excluding hydrogens is 288 g/mol. The van der Waals surface area contributed by atoms with Gasteiger partial charge in [0.25, 0.3) is 5.69 Å². The lowest BCUT2D eigenvalue weighted by Gasteiger charge is -2.18. The molecule has 2 rings (SSSR count). The van der Waals surface area contributed by atoms with Crippen LogP contribution in [-0.4, -0.2) is 28.7 Å². The summed E-state index contributed by atoms with van der Waals surface area (Å²) in [6.45, 7) is 3.84. The Morgan fingerprint density at radius 3 is 2.52 bits per heavy atom. The zero-order valence-corrected chi connectivity index (χ0v) is 12.5. The van der Waals surface area contributed by atoms with Gasteiger partial charge in [-0.05, 0) is 30.1 Å². The summed E-state index contributed by atoms with van der Waals surface area (Å²) in [5.41, 5.74) is 0.503. The highest BCUT2D eigenvalue weighted by Crippen LogP contribution is 2.15. The summed E-state index contributed by atoms with van der Waals surface area (Å²) in [4.78, 5) is 25.6. The first-order chi connectivity index (χ1) is 10.1. The van der Waals surface area contributed by atoms with Gasteiger partial charge in [0.1, 0.15) is 0 Å². The number of nitrogens with zero attached hydrogens (tertiary/aromatic N) is 2. The van der Waals surface area contributed by atoms with E-state index in [2.05, 4.69) is 4.90 Å². The molecule has 6 heteroatoms. The van der Waals surface area contributed by atoms with Crippen LogP contribution in [0.5, 0.6) is 0 Å². The van der Waals surface area contributed by atoms with Crippen LogP contribution >= 0.6 is 11.3 Å². The molecule has 0 bridgehead atoms. The van der Waals surface area contributed by atoms with Crippen molar-refractivity contribution in [2.24, 2.45) is 0 Å². The van der Waals surface area contributed by atoms with E-state index in [0.29, 0.717) is 12.1 Å². The Hall–Kier alpha value is -2.05. The van der Waals surface area contributed by atoms with Crippen molar-refractivity contribution in [3.8, 4) is 0 Å². The van der Waals surface area contributed by atoms with Crippen LogP contribution in [0.2, 0.25) is 0 Å². The molecule has 2 aromatic rings. The van der Waals surface area contributed by atoms with Crippen LogP contribution in [0, 0.1) is 10.1 Å². The number of Topliss-reactive ketones (excluding diaryl/α,β-unsaturated/α-hetero) is 1. The topological polar surface area (TPSA) is 63.5 Å². The third kappa shape index (κ3) is 4.21. The zero-order valence-electron chi connectivity index (χ0n) is 11.7. The number of hydrogen-bond acceptors (Lipinski definition) is 5. The van der Waals surface area contributed by atoms with E-state index in [4.69, 9.17) is 0 Å². The Balaban J connectivity index is 2.00. The van der Waals surface area contributed by atoms with Crippen molar-refractivity contribution in [3.05, 3.63) is 62.3 Å². The molecule has 0 spiro atoms. The van der Waals surface area contributed by atoms with Crippen molar-refractivity contribution < 1.29 is 9.72 Å². The number of carbonyl (C=O) groups is 1. The summed E-state index contributed by atoms with van der Waals surface area (Å²) in [6, 6.07) is 9.79. The molecule has 5 nitrogen and oxygen atoms in total. The molecule has 0 unspecified atom stereocenters. The van der Waals surface area contributed by atoms with Crippen molar-refractivity contribution in [2.45, 2.75) is 13.5 Å². The molecule has 0 aliphatic heterocycles. The van der Waals surface area contributed by atoms with Crippen LogP contribution in [0.4, 0.5) is 5.69 Å². The first-order valence-corrected chi connectivity index (χ1v) is 7.50. The van der Waals surface area contributed by atoms with Gasteiger partial charge in [0.05, 0.1) is 11.5 Å². The van der Waals surface area contributed by atoms with E-state index in [1.807, 2.05) is 24.4 Å². The van der Waals surface area contributed by atoms with Crippen LogP contribution in [-0.2, 0) is 6.54 Å². The van der Waals surface area contributed by atoms with Gasteiger partial charge in [-0.3, -0.25) is 19.8 Å². The summed E-state index contributed by atoms with van der Waals surface area (Å²) in [7, 11) is 0. The molecule has 0 radical (unpaired) electrons. The Bertz CT molecular complexity index is 608. The van der Waals surface area contributed by atoms with Crippen molar-refractivity contribution in [1.82, 2.24) is 4.90 Å². The van der Waals surface area contributed by atoms with Gasteiger partial charge in [-0.25, -0.2) is 0 Å². The van der Waals surface area contributed by atoms with E-state index in [1.165, 1.54) is 29.1 Å². The van der Waals surface area contributed by atoms with E-state index in [0.717, 1.165) is 13.1 Å². The van der Waals surface area contributed by atoms with Crippen LogP contribution in [0.15, 0.2) is 41.8 Å². The third-order valence-corrected chi connectivity index (χ3v) is 4.04. The molecule has 21 heavy (non-hydrogen) atoms. The van der Waals surface area contributed by atoms with Crippen molar-refractivity contribution in [3.63, 3.8) is 0 Å². The molecule has 0 fully saturated rings. The average Bonchev–Trinajstić information content (AvgIpc) is 2.99. The van der Waals surface area contributed by atoms with Gasteiger partial charge in [0.15, 0.2) is 5.78 Å². The van der Waals surface area contributed by atoms with Crippen LogP contribution < -0.4 is 0 Å². The number of likely N-dealkylation sites (N-methyl/N-ethyl adjacent to an activating group) is 1. The number of non-ortho nitro benzene ring substituents is 1. The number of nitro groups is 1. The van der Waals surface area contributed by atoms with Gasteiger partial charge in [0, 0.05) is 29.1 Å². The lowest BCUT2D eigenvalue weighted by molar-refractivity contribution is -0.384. The minimum Gasteiger partial charge on any atom is -0.293 e. The molecule has 110 valence electrons. The molecule has 0 saturated carbocycles. The summed E-state index contributed by atoms with van der Waals surface area (Å²) in [5, 5.41) is 12.6. The van der Waals surface area contributed by atoms with Gasteiger partial charge in [-0.1, -0.05) is 13.0 Å². The molecule has 1 heterocycles. The summed E-state index contributed by atoms with van der Waals surface area (Å²) < 4.78 is 0. The highest BCUT2D eigenvalue weighted by molar-refractivity contribution is 7.09.